The molecule has 0 saturated carbocycles. The molecule has 1 aromatic rings. The summed E-state index contributed by atoms with van der Waals surface area (Å²) in [5.41, 5.74) is 0.422. The van der Waals surface area contributed by atoms with E-state index in [9.17, 15) is 4.79 Å². The van der Waals surface area contributed by atoms with Crippen molar-refractivity contribution in [3.05, 3.63) is 11.9 Å². The van der Waals surface area contributed by atoms with Crippen LogP contribution in [0.3, 0.4) is 0 Å². The molecule has 2 N–H and O–H groups in total. The van der Waals surface area contributed by atoms with Gasteiger partial charge in [0.05, 0.1) is 12.2 Å². The first-order valence-corrected chi connectivity index (χ1v) is 6.84. The average molecular weight is 264 g/mol. The van der Waals surface area contributed by atoms with Gasteiger partial charge in [0, 0.05) is 19.1 Å². The normalized spacial score (nSPS) is 22.2. The molecule has 0 spiro atoms. The van der Waals surface area contributed by atoms with Crippen molar-refractivity contribution < 1.29 is 4.79 Å². The standard InChI is InChI=1S/C12H20N6O/c1-17-4-2-9(3-5-17)14-12(19)11-8-18(16-15-11)10-6-13-7-10/h8-10,13H,2-7H2,1H3,(H,14,19). The molecule has 7 nitrogen and oxygen atoms in total. The van der Waals surface area contributed by atoms with Crippen molar-refractivity contribution in [2.24, 2.45) is 0 Å². The van der Waals surface area contributed by atoms with E-state index in [1.165, 1.54) is 0 Å². The summed E-state index contributed by atoms with van der Waals surface area (Å²) in [6.45, 7) is 3.87. The maximum Gasteiger partial charge on any atom is 0.273 e. The van der Waals surface area contributed by atoms with Crippen molar-refractivity contribution in [1.82, 2.24) is 30.5 Å². The van der Waals surface area contributed by atoms with Crippen LogP contribution in [0.5, 0.6) is 0 Å². The quantitative estimate of drug-likeness (QED) is 0.751. The second-order valence-electron chi connectivity index (χ2n) is 5.45. The lowest BCUT2D eigenvalue weighted by Gasteiger charge is -2.29. The monoisotopic (exact) mass is 264 g/mol. The molecule has 3 rings (SSSR count). The van der Waals surface area contributed by atoms with Crippen molar-refractivity contribution >= 4 is 5.91 Å². The topological polar surface area (TPSA) is 75.1 Å². The van der Waals surface area contributed by atoms with Crippen LogP contribution < -0.4 is 10.6 Å². The van der Waals surface area contributed by atoms with Gasteiger partial charge in [-0.1, -0.05) is 5.21 Å². The molecule has 0 unspecified atom stereocenters. The van der Waals surface area contributed by atoms with E-state index in [-0.39, 0.29) is 11.9 Å². The van der Waals surface area contributed by atoms with Crippen molar-refractivity contribution in [3.8, 4) is 0 Å². The van der Waals surface area contributed by atoms with Crippen LogP contribution in [0.25, 0.3) is 0 Å². The van der Waals surface area contributed by atoms with Gasteiger partial charge < -0.3 is 15.5 Å². The predicted octanol–water partition coefficient (Wildman–Crippen LogP) is -0.754. The third kappa shape index (κ3) is 2.76. The van der Waals surface area contributed by atoms with E-state index >= 15 is 0 Å². The first-order chi connectivity index (χ1) is 9.22. The third-order valence-corrected chi connectivity index (χ3v) is 3.93. The minimum Gasteiger partial charge on any atom is -0.348 e. The molecule has 3 heterocycles. The second kappa shape index (κ2) is 5.26. The fourth-order valence-electron chi connectivity index (χ4n) is 2.43. The highest BCUT2D eigenvalue weighted by atomic mass is 16.2. The van der Waals surface area contributed by atoms with Crippen LogP contribution >= 0.6 is 0 Å². The summed E-state index contributed by atoms with van der Waals surface area (Å²) in [5, 5.41) is 14.2. The Bertz CT molecular complexity index is 447. The van der Waals surface area contributed by atoms with Gasteiger partial charge in [-0.3, -0.25) is 4.79 Å². The number of nitrogens with zero attached hydrogens (tertiary/aromatic N) is 4. The van der Waals surface area contributed by atoms with Gasteiger partial charge >= 0.3 is 0 Å². The summed E-state index contributed by atoms with van der Waals surface area (Å²) < 4.78 is 1.78. The van der Waals surface area contributed by atoms with Crippen molar-refractivity contribution in [1.29, 1.82) is 0 Å². The molecule has 19 heavy (non-hydrogen) atoms. The van der Waals surface area contributed by atoms with E-state index < -0.39 is 0 Å². The number of aromatic nitrogens is 3. The van der Waals surface area contributed by atoms with Crippen LogP contribution in [0.4, 0.5) is 0 Å². The Hall–Kier alpha value is -1.47. The predicted molar refractivity (Wildman–Crippen MR) is 69.9 cm³/mol. The summed E-state index contributed by atoms with van der Waals surface area (Å²) in [6, 6.07) is 0.608. The molecule has 0 atom stereocenters. The number of likely N-dealkylation sites (tertiary alicyclic amines) is 1. The zero-order chi connectivity index (χ0) is 13.2. The lowest BCUT2D eigenvalue weighted by molar-refractivity contribution is 0.0911. The number of rotatable bonds is 3. The maximum atomic E-state index is 12.1. The molecule has 1 aromatic heterocycles. The Morgan fingerprint density at radius 1 is 1.42 bits per heavy atom. The van der Waals surface area contributed by atoms with E-state index in [1.807, 2.05) is 0 Å². The largest absolute Gasteiger partial charge is 0.348 e. The van der Waals surface area contributed by atoms with Gasteiger partial charge in [0.25, 0.3) is 5.91 Å². The zero-order valence-corrected chi connectivity index (χ0v) is 11.2. The minimum atomic E-state index is -0.104. The average Bonchev–Trinajstić information content (AvgIpc) is 2.79. The Kier molecular flexibility index (Phi) is 3.48. The highest BCUT2D eigenvalue weighted by Gasteiger charge is 2.23. The van der Waals surface area contributed by atoms with E-state index in [0.29, 0.717) is 11.7 Å². The first-order valence-electron chi connectivity index (χ1n) is 6.84. The van der Waals surface area contributed by atoms with E-state index in [2.05, 4.69) is 32.9 Å². The maximum absolute atomic E-state index is 12.1. The molecule has 1 amide bonds. The lowest BCUT2D eigenvalue weighted by atomic mass is 10.1. The molecule has 104 valence electrons. The Morgan fingerprint density at radius 2 is 2.16 bits per heavy atom. The Labute approximate surface area is 112 Å². The first kappa shape index (κ1) is 12.6. The van der Waals surface area contributed by atoms with Gasteiger partial charge in [-0.25, -0.2) is 4.68 Å². The van der Waals surface area contributed by atoms with Gasteiger partial charge in [-0.15, -0.1) is 5.10 Å². The smallest absolute Gasteiger partial charge is 0.273 e. The van der Waals surface area contributed by atoms with E-state index in [0.717, 1.165) is 39.0 Å². The SMILES string of the molecule is CN1CCC(NC(=O)c2cn(C3CNC3)nn2)CC1. The molecule has 0 aliphatic carbocycles. The van der Waals surface area contributed by atoms with Crippen LogP contribution in [0.15, 0.2) is 6.20 Å². The van der Waals surface area contributed by atoms with Gasteiger partial charge in [-0.2, -0.15) is 0 Å². The molecule has 2 aliphatic rings. The summed E-state index contributed by atoms with van der Waals surface area (Å²) in [5.74, 6) is -0.104. The van der Waals surface area contributed by atoms with Crippen LogP contribution in [-0.4, -0.2) is 65.1 Å². The summed E-state index contributed by atoms with van der Waals surface area (Å²) in [4.78, 5) is 14.4. The molecule has 7 heteroatoms. The fourth-order valence-corrected chi connectivity index (χ4v) is 2.43. The van der Waals surface area contributed by atoms with Gasteiger partial charge in [-0.05, 0) is 33.0 Å². The van der Waals surface area contributed by atoms with E-state index in [4.69, 9.17) is 0 Å². The van der Waals surface area contributed by atoms with Crippen LogP contribution in [0.1, 0.15) is 29.4 Å². The van der Waals surface area contributed by atoms with Crippen molar-refractivity contribution in [2.45, 2.75) is 24.9 Å². The van der Waals surface area contributed by atoms with Gasteiger partial charge in [0.15, 0.2) is 5.69 Å². The number of carbonyl (C=O) groups excluding carboxylic acids is 1. The number of piperidine rings is 1. The third-order valence-electron chi connectivity index (χ3n) is 3.93. The number of hydrogen-bond donors (Lipinski definition) is 2. The number of amides is 1. The number of carbonyl (C=O) groups is 1. The number of nitrogens with one attached hydrogen (secondary N) is 2. The molecule has 2 fully saturated rings. The molecule has 0 bridgehead atoms. The second-order valence-corrected chi connectivity index (χ2v) is 5.45. The highest BCUT2D eigenvalue weighted by molar-refractivity contribution is 5.92. The summed E-state index contributed by atoms with van der Waals surface area (Å²) in [6.07, 6.45) is 3.75. The fraction of sp³-hybridized carbons (Fsp3) is 0.750. The van der Waals surface area contributed by atoms with Crippen LogP contribution in [-0.2, 0) is 0 Å². The molecule has 0 radical (unpaired) electrons. The molecule has 2 saturated heterocycles. The highest BCUT2D eigenvalue weighted by Crippen LogP contribution is 2.11. The van der Waals surface area contributed by atoms with Crippen LogP contribution in [0, 0.1) is 0 Å². The van der Waals surface area contributed by atoms with Gasteiger partial charge in [0.2, 0.25) is 0 Å². The Morgan fingerprint density at radius 3 is 2.79 bits per heavy atom. The summed E-state index contributed by atoms with van der Waals surface area (Å²) in [7, 11) is 2.11. The van der Waals surface area contributed by atoms with Gasteiger partial charge in [0.1, 0.15) is 0 Å². The molecular formula is C12H20N6O. The molecule has 0 aromatic carbocycles. The lowest BCUT2D eigenvalue weighted by Crippen LogP contribution is -2.44. The molecule has 2 aliphatic heterocycles. The van der Waals surface area contributed by atoms with E-state index in [1.54, 1.807) is 10.9 Å². The van der Waals surface area contributed by atoms with Crippen LogP contribution in [0.2, 0.25) is 0 Å². The van der Waals surface area contributed by atoms with Crippen molar-refractivity contribution in [3.63, 3.8) is 0 Å². The summed E-state index contributed by atoms with van der Waals surface area (Å²) >= 11 is 0. The number of hydrogen-bond acceptors (Lipinski definition) is 5. The molecular weight excluding hydrogens is 244 g/mol. The minimum absolute atomic E-state index is 0.104. The Balaban J connectivity index is 1.56. The van der Waals surface area contributed by atoms with Crippen molar-refractivity contribution in [2.75, 3.05) is 33.2 Å². The zero-order valence-electron chi connectivity index (χ0n) is 11.2.